The molecule has 70 heavy (non-hydrogen) atoms. The minimum absolute atomic E-state index is 0. The smallest absolute Gasteiger partial charge is 0.870 e. The molecule has 16 heteroatoms. The van der Waals surface area contributed by atoms with E-state index in [0.717, 1.165) is 55.3 Å². The number of hydrogen-bond donors (Lipinski definition) is 5. The standard InChI is InChI=1S/C28H26N2O5.C26H22N2O5.Li.H2O/c1-2-33-27(32)13-22-7-6-19(15-30)11-26(22)34-17-20-9-23-12-24(16-31)35-28(23)25(10-20)21-5-3-4-18(8-21)14-29;27-12-16-2-1-3-19(6-16)23-8-18(7-21-10-22(14-29)33-26(21)23)15-32-24-9-17(13-28)4-5-20(24)11-25(30)31;;/h3-12,31H,2,13-14,16-17,29H2,1H3;1-10,29H,11-12,14-15,27H2,(H,30,31);;1H2/q;;+1;/p-1. The monoisotopic (exact) mass is 936 g/mol. The fourth-order valence-corrected chi connectivity index (χ4v) is 7.68. The fourth-order valence-electron chi connectivity index (χ4n) is 7.68. The number of fused-ring (bicyclic) bond motifs is 2. The number of benzene rings is 6. The SMILES string of the molecule is CCOC(=O)Cc1ccc(C#N)cc1OCc1cc(-c2cccc(CN)c2)c2oc(CO)cc2c1.N#Cc1ccc(CC(=O)O)c(OCc2cc(-c3cccc(CN)c3)c3oc(CO)cc3c2)c1.[Li+].[OH-]. The van der Waals surface area contributed by atoms with Crippen molar-refractivity contribution in [3.05, 3.63) is 177 Å². The Balaban J connectivity index is 0.000000254. The van der Waals surface area contributed by atoms with Crippen molar-refractivity contribution in [1.29, 1.82) is 10.5 Å². The van der Waals surface area contributed by atoms with E-state index < -0.39 is 5.97 Å². The molecule has 0 fully saturated rings. The predicted molar refractivity (Wildman–Crippen MR) is 256 cm³/mol. The summed E-state index contributed by atoms with van der Waals surface area (Å²) in [6.45, 7) is 2.79. The van der Waals surface area contributed by atoms with Gasteiger partial charge in [0.25, 0.3) is 0 Å². The van der Waals surface area contributed by atoms with Crippen molar-refractivity contribution in [2.45, 2.75) is 59.3 Å². The van der Waals surface area contributed by atoms with Gasteiger partial charge in [-0.25, -0.2) is 0 Å². The minimum atomic E-state index is -0.983. The number of esters is 1. The zero-order valence-corrected chi connectivity index (χ0v) is 38.6. The largest absolute Gasteiger partial charge is 1.00 e. The van der Waals surface area contributed by atoms with Crippen LogP contribution in [0.3, 0.4) is 0 Å². The van der Waals surface area contributed by atoms with Gasteiger partial charge in [0, 0.05) is 46.1 Å². The summed E-state index contributed by atoms with van der Waals surface area (Å²) < 4.78 is 28.9. The molecule has 0 aliphatic rings. The second kappa shape index (κ2) is 25.1. The molecule has 0 bridgehead atoms. The molecule has 0 radical (unpaired) electrons. The molecule has 0 saturated carbocycles. The number of carboxylic acids is 1. The van der Waals surface area contributed by atoms with E-state index in [9.17, 15) is 35.4 Å². The molecule has 8 N–H and O–H groups in total. The number of rotatable bonds is 17. The average molecular weight is 937 g/mol. The van der Waals surface area contributed by atoms with Gasteiger partial charge in [-0.1, -0.05) is 48.5 Å². The summed E-state index contributed by atoms with van der Waals surface area (Å²) >= 11 is 0. The summed E-state index contributed by atoms with van der Waals surface area (Å²) in [6.07, 6.45) is -0.161. The number of nitrogens with two attached hydrogens (primary N) is 2. The third-order valence-corrected chi connectivity index (χ3v) is 10.9. The Morgan fingerprint density at radius 3 is 1.47 bits per heavy atom. The van der Waals surface area contributed by atoms with E-state index in [2.05, 4.69) is 6.07 Å². The molecule has 0 unspecified atom stereocenters. The first-order valence-electron chi connectivity index (χ1n) is 21.6. The van der Waals surface area contributed by atoms with Crippen LogP contribution in [0.4, 0.5) is 0 Å². The predicted octanol–water partition coefficient (Wildman–Crippen LogP) is 5.56. The van der Waals surface area contributed by atoms with Crippen molar-refractivity contribution in [2.24, 2.45) is 11.5 Å². The van der Waals surface area contributed by atoms with Crippen LogP contribution in [0.1, 0.15) is 63.0 Å². The van der Waals surface area contributed by atoms with Gasteiger partial charge < -0.3 is 55.3 Å². The molecular formula is C54H49LiN4O11. The first-order chi connectivity index (χ1) is 33.0. The number of nitriles is 2. The molecule has 8 rings (SSSR count). The Labute approximate surface area is 415 Å². The topological polar surface area (TPSA) is 278 Å². The van der Waals surface area contributed by atoms with Crippen LogP contribution >= 0.6 is 0 Å². The fraction of sp³-hybridized carbons (Fsp3) is 0.185. The number of nitrogens with zero attached hydrogens (tertiary/aromatic N) is 2. The molecule has 15 nitrogen and oxygen atoms in total. The number of hydrogen-bond acceptors (Lipinski definition) is 14. The van der Waals surface area contributed by atoms with Crippen LogP contribution in [0, 0.1) is 22.7 Å². The quantitative estimate of drug-likeness (QED) is 0.0552. The van der Waals surface area contributed by atoms with Crippen molar-refractivity contribution in [2.75, 3.05) is 6.61 Å². The van der Waals surface area contributed by atoms with Crippen molar-refractivity contribution < 1.29 is 72.3 Å². The zero-order valence-electron chi connectivity index (χ0n) is 38.6. The molecule has 2 aromatic heterocycles. The molecule has 8 aromatic rings. The molecule has 0 amide bonds. The summed E-state index contributed by atoms with van der Waals surface area (Å²) in [4.78, 5) is 23.3. The van der Waals surface area contributed by atoms with E-state index in [0.29, 0.717) is 76.1 Å². The van der Waals surface area contributed by atoms with E-state index in [1.807, 2.05) is 78.9 Å². The van der Waals surface area contributed by atoms with Gasteiger partial charge in [-0.15, -0.1) is 0 Å². The van der Waals surface area contributed by atoms with Crippen LogP contribution in [0.5, 0.6) is 11.5 Å². The molecule has 0 atom stereocenters. The normalized spacial score (nSPS) is 10.5. The van der Waals surface area contributed by atoms with Gasteiger partial charge in [0.1, 0.15) is 60.6 Å². The first-order valence-corrected chi connectivity index (χ1v) is 21.6. The van der Waals surface area contributed by atoms with E-state index in [1.54, 1.807) is 55.5 Å². The van der Waals surface area contributed by atoms with Crippen molar-refractivity contribution in [3.8, 4) is 45.9 Å². The summed E-state index contributed by atoms with van der Waals surface area (Å²) in [5.41, 5.74) is 22.1. The molecule has 6 aromatic carbocycles. The van der Waals surface area contributed by atoms with E-state index in [-0.39, 0.29) is 69.6 Å². The number of aliphatic hydroxyl groups excluding tert-OH is 2. The number of carbonyl (C=O) groups is 2. The Hall–Kier alpha value is -7.68. The summed E-state index contributed by atoms with van der Waals surface area (Å²) in [5.74, 6) is 0.375. The molecule has 2 heterocycles. The molecular weight excluding hydrogens is 888 g/mol. The third kappa shape index (κ3) is 13.1. The maximum absolute atomic E-state index is 12.0. The Morgan fingerprint density at radius 1 is 0.614 bits per heavy atom. The second-order valence-corrected chi connectivity index (χ2v) is 15.7. The molecule has 0 spiro atoms. The number of aliphatic hydroxyl groups is 2. The van der Waals surface area contributed by atoms with Crippen molar-refractivity contribution in [3.63, 3.8) is 0 Å². The maximum atomic E-state index is 12.0. The van der Waals surface area contributed by atoms with Crippen LogP contribution in [0.15, 0.2) is 130 Å². The van der Waals surface area contributed by atoms with Gasteiger partial charge in [0.2, 0.25) is 0 Å². The summed E-state index contributed by atoms with van der Waals surface area (Å²) in [7, 11) is 0. The Morgan fingerprint density at radius 2 is 1.07 bits per heavy atom. The number of aliphatic carboxylic acids is 1. The first kappa shape index (κ1) is 53.3. The van der Waals surface area contributed by atoms with Gasteiger partial charge in [-0.05, 0) is 113 Å². The van der Waals surface area contributed by atoms with Gasteiger partial charge >= 0.3 is 30.8 Å². The number of furan rings is 2. The maximum Gasteiger partial charge on any atom is 1.00 e. The van der Waals surface area contributed by atoms with Gasteiger partial charge in [0.05, 0.1) is 42.7 Å². The molecule has 0 saturated heterocycles. The van der Waals surface area contributed by atoms with E-state index in [4.69, 9.17) is 34.5 Å². The van der Waals surface area contributed by atoms with E-state index in [1.165, 1.54) is 0 Å². The van der Waals surface area contributed by atoms with Gasteiger partial charge in [-0.2, -0.15) is 10.5 Å². The molecule has 352 valence electrons. The van der Waals surface area contributed by atoms with E-state index >= 15 is 0 Å². The molecule has 0 aliphatic heterocycles. The third-order valence-electron chi connectivity index (χ3n) is 10.9. The van der Waals surface area contributed by atoms with Crippen LogP contribution < -0.4 is 39.8 Å². The van der Waals surface area contributed by atoms with Crippen LogP contribution in [-0.4, -0.2) is 39.3 Å². The Kier molecular flexibility index (Phi) is 19.1. The average Bonchev–Trinajstić information content (AvgIpc) is 3.99. The number of ether oxygens (including phenoxy) is 3. The van der Waals surface area contributed by atoms with Crippen LogP contribution in [0.25, 0.3) is 44.2 Å². The van der Waals surface area contributed by atoms with Gasteiger partial charge in [-0.3, -0.25) is 9.59 Å². The number of carbonyl (C=O) groups excluding carboxylic acids is 1. The minimum Gasteiger partial charge on any atom is -0.870 e. The Bertz CT molecular complexity index is 3200. The molecule has 0 aliphatic carbocycles. The van der Waals surface area contributed by atoms with Crippen LogP contribution in [0.2, 0.25) is 0 Å². The summed E-state index contributed by atoms with van der Waals surface area (Å²) in [5, 5.41) is 48.5. The summed E-state index contributed by atoms with van der Waals surface area (Å²) in [6, 6.07) is 40.9. The number of carboxylic acid groups (broad SMARTS) is 1. The van der Waals surface area contributed by atoms with Crippen molar-refractivity contribution >= 4 is 33.9 Å². The van der Waals surface area contributed by atoms with Gasteiger partial charge in [0.15, 0.2) is 0 Å². The van der Waals surface area contributed by atoms with Crippen molar-refractivity contribution in [1.82, 2.24) is 0 Å². The second-order valence-electron chi connectivity index (χ2n) is 15.7. The van der Waals surface area contributed by atoms with Crippen LogP contribution in [-0.2, 0) is 66.7 Å². The zero-order chi connectivity index (χ0) is 48.2.